The zero-order valence-corrected chi connectivity index (χ0v) is 4.67. The van der Waals surface area contributed by atoms with Gasteiger partial charge in [0.2, 0.25) is 0 Å². The molecule has 0 amide bonds. The van der Waals surface area contributed by atoms with Crippen molar-refractivity contribution in [3.05, 3.63) is 49.6 Å². The predicted molar refractivity (Wildman–Crippen MR) is 35.2 cm³/mol. The van der Waals surface area contributed by atoms with Crippen molar-refractivity contribution >= 4 is 0 Å². The largest absolute Gasteiger partial charge is 0.0991 e. The molecule has 0 heteroatoms. The SMILES string of the molecule is [CH]=C.[c]1ccccc1. The van der Waals surface area contributed by atoms with E-state index in [1.54, 1.807) is 0 Å². The fourth-order valence-electron chi connectivity index (χ4n) is 0.342. The van der Waals surface area contributed by atoms with Crippen molar-refractivity contribution in [2.45, 2.75) is 0 Å². The van der Waals surface area contributed by atoms with Crippen LogP contribution in [0.25, 0.3) is 0 Å². The molecule has 0 saturated carbocycles. The molecule has 0 saturated heterocycles. The molecule has 2 radical (unpaired) electrons. The van der Waals surface area contributed by atoms with Crippen LogP contribution >= 0.6 is 0 Å². The Labute approximate surface area is 50.5 Å². The van der Waals surface area contributed by atoms with Gasteiger partial charge in [0.1, 0.15) is 0 Å². The van der Waals surface area contributed by atoms with Crippen LogP contribution in [0.1, 0.15) is 0 Å². The Bertz CT molecular complexity index is 82.9. The van der Waals surface area contributed by atoms with Crippen LogP contribution < -0.4 is 0 Å². The Kier molecular flexibility index (Phi) is 5.19. The van der Waals surface area contributed by atoms with Crippen LogP contribution in [-0.4, -0.2) is 0 Å². The first-order valence-electron chi connectivity index (χ1n) is 2.32. The molecule has 0 unspecified atom stereocenters. The van der Waals surface area contributed by atoms with Crippen LogP contribution in [0.5, 0.6) is 0 Å². The zero-order valence-electron chi connectivity index (χ0n) is 4.67. The molecular weight excluding hydrogens is 96.1 g/mol. The molecule has 0 aliphatic carbocycles. The third-order valence-electron chi connectivity index (χ3n) is 0.607. The van der Waals surface area contributed by atoms with Crippen molar-refractivity contribution < 1.29 is 0 Å². The lowest BCUT2D eigenvalue weighted by Crippen LogP contribution is -1.49. The monoisotopic (exact) mass is 104 g/mol. The van der Waals surface area contributed by atoms with E-state index in [-0.39, 0.29) is 0 Å². The lowest BCUT2D eigenvalue weighted by molar-refractivity contribution is 1.70. The molecule has 8 heavy (non-hydrogen) atoms. The Morgan fingerprint density at radius 1 is 1.00 bits per heavy atom. The molecule has 0 nitrogen and oxygen atoms in total. The van der Waals surface area contributed by atoms with Gasteiger partial charge in [-0.2, -0.15) is 0 Å². The van der Waals surface area contributed by atoms with E-state index < -0.39 is 0 Å². The van der Waals surface area contributed by atoms with Crippen molar-refractivity contribution in [2.24, 2.45) is 0 Å². The quantitative estimate of drug-likeness (QED) is 0.472. The summed E-state index contributed by atoms with van der Waals surface area (Å²) in [4.78, 5) is 0. The molecule has 1 aromatic carbocycles. The van der Waals surface area contributed by atoms with Gasteiger partial charge in [-0.05, 0) is 6.07 Å². The van der Waals surface area contributed by atoms with Gasteiger partial charge >= 0.3 is 0 Å². The van der Waals surface area contributed by atoms with Gasteiger partial charge in [-0.1, -0.05) is 43.5 Å². The van der Waals surface area contributed by atoms with E-state index in [1.807, 2.05) is 30.3 Å². The topological polar surface area (TPSA) is 0 Å². The highest BCUT2D eigenvalue weighted by molar-refractivity contribution is 4.97. The maximum Gasteiger partial charge on any atom is -0.0184 e. The van der Waals surface area contributed by atoms with Crippen molar-refractivity contribution in [2.75, 3.05) is 0 Å². The Morgan fingerprint density at radius 2 is 1.50 bits per heavy atom. The molecule has 0 bridgehead atoms. The first-order chi connectivity index (χ1) is 4.00. The fraction of sp³-hybridized carbons (Fsp3) is 0. The van der Waals surface area contributed by atoms with Gasteiger partial charge in [-0.15, -0.1) is 0 Å². The summed E-state index contributed by atoms with van der Waals surface area (Å²) in [6.07, 6.45) is 0. The van der Waals surface area contributed by atoms with Crippen LogP contribution in [-0.2, 0) is 0 Å². The van der Waals surface area contributed by atoms with Gasteiger partial charge in [-0.25, -0.2) is 0 Å². The third-order valence-corrected chi connectivity index (χ3v) is 0.607. The van der Waals surface area contributed by atoms with Crippen molar-refractivity contribution in [3.8, 4) is 0 Å². The number of benzene rings is 1. The van der Waals surface area contributed by atoms with Crippen molar-refractivity contribution in [3.63, 3.8) is 0 Å². The Morgan fingerprint density at radius 3 is 1.62 bits per heavy atom. The summed E-state index contributed by atoms with van der Waals surface area (Å²) in [5.74, 6) is 0. The summed E-state index contributed by atoms with van der Waals surface area (Å²) >= 11 is 0. The summed E-state index contributed by atoms with van der Waals surface area (Å²) < 4.78 is 0. The van der Waals surface area contributed by atoms with Gasteiger partial charge in [-0.3, -0.25) is 0 Å². The van der Waals surface area contributed by atoms with E-state index in [0.29, 0.717) is 0 Å². The normalized spacial score (nSPS) is 6.50. The van der Waals surface area contributed by atoms with Gasteiger partial charge in [0.25, 0.3) is 0 Å². The maximum absolute atomic E-state index is 4.25. The minimum absolute atomic E-state index is 1.88. The number of hydrogen-bond acceptors (Lipinski definition) is 0. The lowest BCUT2D eigenvalue weighted by Gasteiger charge is -1.68. The molecule has 0 fully saturated rings. The molecule has 0 heterocycles. The van der Waals surface area contributed by atoms with E-state index in [0.717, 1.165) is 0 Å². The van der Waals surface area contributed by atoms with Gasteiger partial charge in [0.05, 0.1) is 0 Å². The minimum atomic E-state index is 1.88. The molecule has 0 aliphatic rings. The lowest BCUT2D eigenvalue weighted by atomic mass is 10.4. The van der Waals surface area contributed by atoms with Crippen LogP contribution in [0.3, 0.4) is 0 Å². The molecule has 0 spiro atoms. The van der Waals surface area contributed by atoms with Gasteiger partial charge < -0.3 is 0 Å². The van der Waals surface area contributed by atoms with E-state index >= 15 is 0 Å². The highest BCUT2D eigenvalue weighted by Gasteiger charge is 1.58. The minimum Gasteiger partial charge on any atom is -0.0991 e. The summed E-state index contributed by atoms with van der Waals surface area (Å²) in [6, 6.07) is 12.5. The smallest absolute Gasteiger partial charge is 0.0184 e. The molecule has 0 aromatic heterocycles. The zero-order chi connectivity index (χ0) is 6.24. The van der Waals surface area contributed by atoms with Crippen molar-refractivity contribution in [1.82, 2.24) is 0 Å². The van der Waals surface area contributed by atoms with Crippen LogP contribution in [0, 0.1) is 12.6 Å². The summed E-state index contributed by atoms with van der Waals surface area (Å²) in [7, 11) is 0. The first kappa shape index (κ1) is 6.96. The Balaban J connectivity index is 0.000000222. The second kappa shape index (κ2) is 5.96. The number of rotatable bonds is 0. The summed E-state index contributed by atoms with van der Waals surface area (Å²) in [6.45, 7) is 7.00. The fourth-order valence-corrected chi connectivity index (χ4v) is 0.342. The molecule has 1 aromatic rings. The van der Waals surface area contributed by atoms with E-state index in [1.165, 1.54) is 0 Å². The molecule has 0 N–H and O–H groups in total. The van der Waals surface area contributed by atoms with Crippen LogP contribution in [0.2, 0.25) is 0 Å². The first-order valence-corrected chi connectivity index (χ1v) is 2.32. The molecular formula is C8H8. The average Bonchev–Trinajstić information content (AvgIpc) is 1.96. The summed E-state index contributed by atoms with van der Waals surface area (Å²) in [5.41, 5.74) is 0. The van der Waals surface area contributed by atoms with E-state index in [9.17, 15) is 0 Å². The summed E-state index contributed by atoms with van der Waals surface area (Å²) in [5, 5.41) is 0. The molecule has 1 rings (SSSR count). The van der Waals surface area contributed by atoms with E-state index in [2.05, 4.69) is 19.2 Å². The van der Waals surface area contributed by atoms with Gasteiger partial charge in [0, 0.05) is 0 Å². The maximum atomic E-state index is 4.25. The van der Waals surface area contributed by atoms with E-state index in [4.69, 9.17) is 0 Å². The second-order valence-corrected chi connectivity index (χ2v) is 1.08. The highest BCUT2D eigenvalue weighted by atomic mass is 13.6. The third kappa shape index (κ3) is 3.16. The Hall–Kier alpha value is -1.04. The highest BCUT2D eigenvalue weighted by Crippen LogP contribution is 1.78. The standard InChI is InChI=1S/C6H5.C2H3/c1-2-4-6-5-3-1;1-2/h1-5H;1H,2H2. The second-order valence-electron chi connectivity index (χ2n) is 1.08. The predicted octanol–water partition coefficient (Wildman–Crippen LogP) is 2.09. The molecule has 40 valence electrons. The van der Waals surface area contributed by atoms with Gasteiger partial charge in [0.15, 0.2) is 0 Å². The van der Waals surface area contributed by atoms with Crippen LogP contribution in [0.4, 0.5) is 0 Å². The molecule has 0 aliphatic heterocycles. The van der Waals surface area contributed by atoms with Crippen molar-refractivity contribution in [1.29, 1.82) is 0 Å². The number of hydrogen-bond donors (Lipinski definition) is 0. The average molecular weight is 104 g/mol. The van der Waals surface area contributed by atoms with Crippen LogP contribution in [0.15, 0.2) is 36.9 Å². The molecule has 0 atom stereocenters.